The highest BCUT2D eigenvalue weighted by molar-refractivity contribution is 7.07. The molecule has 0 saturated heterocycles. The quantitative estimate of drug-likeness (QED) is 0.664. The normalized spacial score (nSPS) is 10.2. The molecule has 0 fully saturated rings. The smallest absolute Gasteiger partial charge is 0.299 e. The fraction of sp³-hybridized carbons (Fsp3) is 0.500. The number of aromatic nitrogens is 1. The van der Waals surface area contributed by atoms with Gasteiger partial charge in [-0.3, -0.25) is 9.36 Å². The first kappa shape index (κ1) is 10.3. The van der Waals surface area contributed by atoms with Gasteiger partial charge in [0, 0.05) is 17.6 Å². The van der Waals surface area contributed by atoms with Crippen molar-refractivity contribution < 1.29 is 0 Å². The Morgan fingerprint density at radius 1 is 1.69 bits per heavy atom. The van der Waals surface area contributed by atoms with Crippen molar-refractivity contribution in [2.24, 2.45) is 0 Å². The van der Waals surface area contributed by atoms with Gasteiger partial charge in [-0.1, -0.05) is 30.8 Å². The topological polar surface area (TPSA) is 22.0 Å². The second-order valence-corrected chi connectivity index (χ2v) is 3.82. The van der Waals surface area contributed by atoms with Gasteiger partial charge in [-0.2, -0.15) is 0 Å². The molecule has 0 amide bonds. The molecule has 0 spiro atoms. The molecule has 0 unspecified atom stereocenters. The molecule has 0 aliphatic carbocycles. The molecule has 1 aromatic rings. The van der Waals surface area contributed by atoms with Gasteiger partial charge in [-0.15, -0.1) is 6.58 Å². The van der Waals surface area contributed by atoms with Crippen molar-refractivity contribution in [1.29, 1.82) is 0 Å². The van der Waals surface area contributed by atoms with Crippen LogP contribution in [0.3, 0.4) is 0 Å². The highest BCUT2D eigenvalue weighted by Gasteiger charge is 2.03. The van der Waals surface area contributed by atoms with Crippen LogP contribution >= 0.6 is 11.3 Å². The van der Waals surface area contributed by atoms with E-state index in [1.165, 1.54) is 11.3 Å². The third-order valence-corrected chi connectivity index (χ3v) is 2.77. The molecule has 0 radical (unpaired) electrons. The zero-order valence-electron chi connectivity index (χ0n) is 7.95. The maximum atomic E-state index is 11.3. The van der Waals surface area contributed by atoms with Gasteiger partial charge in [0.1, 0.15) is 0 Å². The van der Waals surface area contributed by atoms with Crippen LogP contribution in [0, 0.1) is 0 Å². The Kier molecular flexibility index (Phi) is 3.96. The van der Waals surface area contributed by atoms with Crippen LogP contribution in [0.15, 0.2) is 22.8 Å². The maximum absolute atomic E-state index is 11.3. The molecule has 0 aromatic carbocycles. The lowest BCUT2D eigenvalue weighted by molar-refractivity contribution is 0.694. The van der Waals surface area contributed by atoms with E-state index in [4.69, 9.17) is 0 Å². The van der Waals surface area contributed by atoms with E-state index in [0.717, 1.165) is 25.0 Å². The number of hydrogen-bond donors (Lipinski definition) is 0. The van der Waals surface area contributed by atoms with Gasteiger partial charge in [-0.25, -0.2) is 0 Å². The van der Waals surface area contributed by atoms with Gasteiger partial charge in [0.2, 0.25) is 0 Å². The van der Waals surface area contributed by atoms with Gasteiger partial charge < -0.3 is 0 Å². The molecule has 0 bridgehead atoms. The minimum Gasteiger partial charge on any atom is -0.299 e. The summed E-state index contributed by atoms with van der Waals surface area (Å²) >= 11 is 1.28. The molecule has 2 nitrogen and oxygen atoms in total. The number of unbranched alkanes of at least 4 members (excludes halogenated alkanes) is 1. The van der Waals surface area contributed by atoms with Crippen LogP contribution in [0.2, 0.25) is 0 Å². The number of thiazole rings is 1. The fourth-order valence-corrected chi connectivity index (χ4v) is 2.04. The summed E-state index contributed by atoms with van der Waals surface area (Å²) in [6, 6.07) is 0. The minimum absolute atomic E-state index is 0.131. The van der Waals surface area contributed by atoms with Gasteiger partial charge in [-0.05, 0) is 12.8 Å². The second kappa shape index (κ2) is 5.02. The fourth-order valence-electron chi connectivity index (χ4n) is 1.24. The molecule has 72 valence electrons. The molecule has 3 heteroatoms. The van der Waals surface area contributed by atoms with Crippen LogP contribution < -0.4 is 4.87 Å². The van der Waals surface area contributed by atoms with Crippen LogP contribution in [-0.4, -0.2) is 4.57 Å². The number of allylic oxidation sites excluding steroid dienone is 1. The third kappa shape index (κ3) is 2.56. The first-order valence-corrected chi connectivity index (χ1v) is 5.45. The molecule has 0 atom stereocenters. The standard InChI is InChI=1S/C10H15NOS/c1-3-5-6-9-8-13-10(12)11(9)7-4-2/h4,8H,2-3,5-7H2,1H3. The molecule has 1 rings (SSSR count). The largest absolute Gasteiger partial charge is 0.307 e. The number of nitrogens with zero attached hydrogens (tertiary/aromatic N) is 1. The summed E-state index contributed by atoms with van der Waals surface area (Å²) in [5, 5.41) is 1.96. The highest BCUT2D eigenvalue weighted by Crippen LogP contribution is 2.06. The van der Waals surface area contributed by atoms with Crippen molar-refractivity contribution >= 4 is 11.3 Å². The second-order valence-electron chi connectivity index (χ2n) is 3.00. The Labute approximate surface area is 82.5 Å². The van der Waals surface area contributed by atoms with E-state index in [0.29, 0.717) is 6.54 Å². The lowest BCUT2D eigenvalue weighted by Crippen LogP contribution is -2.14. The van der Waals surface area contributed by atoms with E-state index < -0.39 is 0 Å². The molecule has 0 aliphatic rings. The zero-order valence-corrected chi connectivity index (χ0v) is 8.77. The Morgan fingerprint density at radius 3 is 3.08 bits per heavy atom. The summed E-state index contributed by atoms with van der Waals surface area (Å²) in [4.78, 5) is 11.5. The minimum atomic E-state index is 0.131. The summed E-state index contributed by atoms with van der Waals surface area (Å²) in [6.07, 6.45) is 5.08. The van der Waals surface area contributed by atoms with Crippen LogP contribution in [0.1, 0.15) is 25.5 Å². The number of hydrogen-bond acceptors (Lipinski definition) is 2. The number of rotatable bonds is 5. The van der Waals surface area contributed by atoms with Gasteiger partial charge in [0.05, 0.1) is 0 Å². The van der Waals surface area contributed by atoms with E-state index in [2.05, 4.69) is 13.5 Å². The molecule has 1 aromatic heterocycles. The van der Waals surface area contributed by atoms with Gasteiger partial charge >= 0.3 is 4.87 Å². The molecule has 0 N–H and O–H groups in total. The van der Waals surface area contributed by atoms with Crippen LogP contribution in [0.4, 0.5) is 0 Å². The Morgan fingerprint density at radius 2 is 2.46 bits per heavy atom. The van der Waals surface area contributed by atoms with Crippen molar-refractivity contribution in [3.05, 3.63) is 33.4 Å². The molecular weight excluding hydrogens is 182 g/mol. The predicted molar refractivity (Wildman–Crippen MR) is 57.4 cm³/mol. The van der Waals surface area contributed by atoms with Crippen LogP contribution in [-0.2, 0) is 13.0 Å². The van der Waals surface area contributed by atoms with Gasteiger partial charge in [0.25, 0.3) is 0 Å². The Bertz CT molecular complexity index is 324. The van der Waals surface area contributed by atoms with E-state index >= 15 is 0 Å². The average Bonchev–Trinajstić information content (AvgIpc) is 2.46. The molecular formula is C10H15NOS. The summed E-state index contributed by atoms with van der Waals surface area (Å²) < 4.78 is 1.80. The SMILES string of the molecule is C=CCn1c(CCCC)csc1=O. The van der Waals surface area contributed by atoms with E-state index in [1.807, 2.05) is 5.38 Å². The molecule has 13 heavy (non-hydrogen) atoms. The van der Waals surface area contributed by atoms with Crippen molar-refractivity contribution in [1.82, 2.24) is 4.57 Å². The lowest BCUT2D eigenvalue weighted by Gasteiger charge is -2.02. The zero-order chi connectivity index (χ0) is 9.68. The Balaban J connectivity index is 2.80. The summed E-state index contributed by atoms with van der Waals surface area (Å²) in [7, 11) is 0. The van der Waals surface area contributed by atoms with Crippen molar-refractivity contribution in [3.63, 3.8) is 0 Å². The molecule has 1 heterocycles. The molecule has 0 saturated carbocycles. The summed E-state index contributed by atoms with van der Waals surface area (Å²) in [6.45, 7) is 6.44. The van der Waals surface area contributed by atoms with E-state index in [-0.39, 0.29) is 4.87 Å². The number of aryl methyl sites for hydroxylation is 1. The first-order valence-electron chi connectivity index (χ1n) is 4.57. The highest BCUT2D eigenvalue weighted by atomic mass is 32.1. The van der Waals surface area contributed by atoms with E-state index in [1.54, 1.807) is 10.6 Å². The monoisotopic (exact) mass is 197 g/mol. The predicted octanol–water partition coefficient (Wildman–Crippen LogP) is 2.44. The first-order chi connectivity index (χ1) is 6.29. The van der Waals surface area contributed by atoms with Gasteiger partial charge in [0.15, 0.2) is 0 Å². The molecule has 0 aliphatic heterocycles. The lowest BCUT2D eigenvalue weighted by atomic mass is 10.2. The maximum Gasteiger partial charge on any atom is 0.307 e. The van der Waals surface area contributed by atoms with Crippen molar-refractivity contribution in [3.8, 4) is 0 Å². The van der Waals surface area contributed by atoms with Crippen LogP contribution in [0.5, 0.6) is 0 Å². The van der Waals surface area contributed by atoms with Crippen LogP contribution in [0.25, 0.3) is 0 Å². The third-order valence-electron chi connectivity index (χ3n) is 1.96. The Hall–Kier alpha value is -0.830. The average molecular weight is 197 g/mol. The summed E-state index contributed by atoms with van der Waals surface area (Å²) in [5.41, 5.74) is 1.15. The van der Waals surface area contributed by atoms with Crippen molar-refractivity contribution in [2.45, 2.75) is 32.7 Å². The van der Waals surface area contributed by atoms with E-state index in [9.17, 15) is 4.79 Å². The van der Waals surface area contributed by atoms with Crippen molar-refractivity contribution in [2.75, 3.05) is 0 Å². The summed E-state index contributed by atoms with van der Waals surface area (Å²) in [5.74, 6) is 0.